The molecule has 52 heavy (non-hydrogen) atoms. The number of fused-ring (bicyclic) bond motifs is 1. The van der Waals surface area contributed by atoms with Crippen molar-refractivity contribution in [2.24, 2.45) is 5.92 Å². The van der Waals surface area contributed by atoms with Crippen LogP contribution in [-0.4, -0.2) is 23.5 Å². The quantitative estimate of drug-likeness (QED) is 0.120. The van der Waals surface area contributed by atoms with Gasteiger partial charge in [0.1, 0.15) is 12.2 Å². The number of nitro benzene ring substituents is 1. The molecule has 2 heterocycles. The van der Waals surface area contributed by atoms with Crippen LogP contribution >= 0.6 is 0 Å². The highest BCUT2D eigenvalue weighted by atomic mass is 16.7. The van der Waals surface area contributed by atoms with Crippen molar-refractivity contribution in [3.05, 3.63) is 203 Å². The zero-order valence-corrected chi connectivity index (χ0v) is 29.5. The van der Waals surface area contributed by atoms with Gasteiger partial charge in [-0.05, 0) is 43.2 Å². The summed E-state index contributed by atoms with van der Waals surface area (Å²) >= 11 is 0. The molecule has 1 fully saturated rings. The Labute approximate surface area is 305 Å². The number of non-ortho nitro benzene ring substituents is 1. The molecule has 8 rings (SSSR count). The van der Waals surface area contributed by atoms with Crippen molar-refractivity contribution in [1.82, 2.24) is 0 Å². The summed E-state index contributed by atoms with van der Waals surface area (Å²) in [6.07, 6.45) is 2.77. The molecule has 6 aromatic carbocycles. The van der Waals surface area contributed by atoms with E-state index in [1.807, 2.05) is 26.0 Å². The molecule has 0 spiro atoms. The maximum absolute atomic E-state index is 11.0. The van der Waals surface area contributed by atoms with Crippen LogP contribution in [-0.2, 0) is 9.47 Å². The van der Waals surface area contributed by atoms with E-state index in [1.165, 1.54) is 45.1 Å². The van der Waals surface area contributed by atoms with Crippen LogP contribution in [0.5, 0.6) is 0 Å². The van der Waals surface area contributed by atoms with Crippen LogP contribution in [0, 0.1) is 16.0 Å². The van der Waals surface area contributed by atoms with Gasteiger partial charge in [-0.1, -0.05) is 146 Å². The molecule has 0 aliphatic carbocycles. The molecule has 7 heteroatoms. The number of benzene rings is 6. The molecule has 1 unspecified atom stereocenters. The molecule has 6 aromatic rings. The normalized spacial score (nSPS) is 19.1. The van der Waals surface area contributed by atoms with E-state index in [9.17, 15) is 10.1 Å². The Morgan fingerprint density at radius 1 is 0.654 bits per heavy atom. The topological polar surface area (TPSA) is 78.2 Å². The summed E-state index contributed by atoms with van der Waals surface area (Å²) in [4.78, 5) is 10.6. The average molecular weight is 687 g/mol. The minimum Gasteiger partial charge on any atom is -0.350 e. The van der Waals surface area contributed by atoms with Gasteiger partial charge in [-0.3, -0.25) is 10.1 Å². The lowest BCUT2D eigenvalue weighted by atomic mass is 9.13. The van der Waals surface area contributed by atoms with Crippen molar-refractivity contribution in [3.8, 4) is 0 Å². The van der Waals surface area contributed by atoms with Crippen LogP contribution in [0.3, 0.4) is 0 Å². The summed E-state index contributed by atoms with van der Waals surface area (Å²) in [6, 6.07) is 58.7. The molecule has 2 aliphatic heterocycles. The monoisotopic (exact) mass is 686 g/mol. The van der Waals surface area contributed by atoms with Crippen LogP contribution in [0.15, 0.2) is 176 Å². The van der Waals surface area contributed by atoms with E-state index in [4.69, 9.17) is 9.47 Å². The summed E-state index contributed by atoms with van der Waals surface area (Å²) in [7, 11) is 0. The molecule has 2 aliphatic rings. The fourth-order valence-corrected chi connectivity index (χ4v) is 8.05. The first kappa shape index (κ1) is 34.8. The molecule has 260 valence electrons. The lowest BCUT2D eigenvalue weighted by Gasteiger charge is -2.44. The lowest BCUT2D eigenvalue weighted by molar-refractivity contribution is -0.647. The van der Waals surface area contributed by atoms with Gasteiger partial charge >= 0.3 is 0 Å². The SMILES string of the molecule is CC1(C)OC[C@H](C2[NH2+]C=Cc3ccccc32)[C@@H](c2ccc([N+](=O)[O-])cc2)O1.c1ccc([B-](c2ccccc2)(c2ccccc2)c2ccccc2)cc1. The van der Waals surface area contributed by atoms with E-state index in [0.717, 1.165) is 5.56 Å². The van der Waals surface area contributed by atoms with Gasteiger partial charge in [0, 0.05) is 17.7 Å². The minimum atomic E-state index is -1.22. The number of quaternary nitrogens is 1. The van der Waals surface area contributed by atoms with Gasteiger partial charge in [-0.15, -0.1) is 0 Å². The molecule has 0 radical (unpaired) electrons. The molecule has 3 atom stereocenters. The Balaban J connectivity index is 0.000000162. The predicted molar refractivity (Wildman–Crippen MR) is 211 cm³/mol. The van der Waals surface area contributed by atoms with E-state index in [2.05, 4.69) is 151 Å². The summed E-state index contributed by atoms with van der Waals surface area (Å²) in [6.45, 7) is 4.36. The number of hydrogen-bond acceptors (Lipinski definition) is 4. The zero-order valence-electron chi connectivity index (χ0n) is 29.5. The third kappa shape index (κ3) is 7.12. The third-order valence-electron chi connectivity index (χ3n) is 10.5. The third-order valence-corrected chi connectivity index (χ3v) is 10.5. The molecule has 6 nitrogen and oxygen atoms in total. The summed E-state index contributed by atoms with van der Waals surface area (Å²) in [5.74, 6) is -0.627. The standard InChI is InChI=1S/C24H20B.C21H22N2O4/c1-5-13-21(14-6-1)25(22-15-7-2-8-16-22,23-17-9-3-10-18-23)24-19-11-4-12-20-24;1-21(2)26-13-18(19-17-6-4-3-5-14(17)11-12-22-19)20(27-21)15-7-9-16(10-8-15)23(24)25/h1-20H;3-12,18-20,22H,13H2,1-2H3/q-1;/p+1/t;18-,19?,20-/m.1/s1. The number of ether oxygens (including phenoxy) is 2. The largest absolute Gasteiger partial charge is 0.350 e. The number of nitro groups is 1. The smallest absolute Gasteiger partial charge is 0.269 e. The summed E-state index contributed by atoms with van der Waals surface area (Å²) in [5.41, 5.74) is 8.83. The van der Waals surface area contributed by atoms with Crippen LogP contribution in [0.2, 0.25) is 0 Å². The first-order valence-corrected chi connectivity index (χ1v) is 17.9. The fraction of sp³-hybridized carbons (Fsp3) is 0.156. The van der Waals surface area contributed by atoms with Crippen LogP contribution in [0.1, 0.15) is 42.7 Å². The zero-order chi connectivity index (χ0) is 36.0. The average Bonchev–Trinajstić information content (AvgIpc) is 3.20. The molecular weight excluding hydrogens is 643 g/mol. The number of nitrogens with two attached hydrogens (primary N) is 1. The highest BCUT2D eigenvalue weighted by molar-refractivity contribution is 7.19. The van der Waals surface area contributed by atoms with Crippen molar-refractivity contribution in [2.75, 3.05) is 6.61 Å². The van der Waals surface area contributed by atoms with Gasteiger partial charge in [0.15, 0.2) is 5.79 Å². The Morgan fingerprint density at radius 3 is 1.60 bits per heavy atom. The molecule has 1 saturated heterocycles. The van der Waals surface area contributed by atoms with Gasteiger partial charge in [0.05, 0.1) is 29.8 Å². The van der Waals surface area contributed by atoms with E-state index >= 15 is 0 Å². The van der Waals surface area contributed by atoms with Gasteiger partial charge < -0.3 is 14.8 Å². The highest BCUT2D eigenvalue weighted by Crippen LogP contribution is 2.42. The predicted octanol–water partition coefficient (Wildman–Crippen LogP) is 6.39. The maximum Gasteiger partial charge on any atom is 0.269 e. The second-order valence-electron chi connectivity index (χ2n) is 14.0. The Morgan fingerprint density at radius 2 is 1.12 bits per heavy atom. The molecule has 0 saturated carbocycles. The van der Waals surface area contributed by atoms with Crippen molar-refractivity contribution in [1.29, 1.82) is 0 Å². The fourth-order valence-electron chi connectivity index (χ4n) is 8.05. The van der Waals surface area contributed by atoms with Gasteiger partial charge in [-0.25, -0.2) is 0 Å². The van der Waals surface area contributed by atoms with E-state index < -0.39 is 11.9 Å². The molecular formula is C45H43BN2O4. The molecule has 0 amide bonds. The number of nitrogens with zero attached hydrogens (tertiary/aromatic N) is 1. The van der Waals surface area contributed by atoms with Gasteiger partial charge in [0.25, 0.3) is 5.69 Å². The molecule has 2 N–H and O–H groups in total. The molecule has 0 bridgehead atoms. The second kappa shape index (κ2) is 15.3. The van der Waals surface area contributed by atoms with Crippen molar-refractivity contribution >= 4 is 39.8 Å². The Kier molecular flexibility index (Phi) is 10.3. The maximum atomic E-state index is 11.0. The first-order chi connectivity index (χ1) is 25.4. The lowest BCUT2D eigenvalue weighted by Crippen LogP contribution is -2.82. The van der Waals surface area contributed by atoms with Crippen LogP contribution < -0.4 is 27.2 Å². The van der Waals surface area contributed by atoms with E-state index in [-0.39, 0.29) is 28.7 Å². The van der Waals surface area contributed by atoms with E-state index in [1.54, 1.807) is 12.1 Å². The van der Waals surface area contributed by atoms with Gasteiger partial charge in [0.2, 0.25) is 0 Å². The highest BCUT2D eigenvalue weighted by Gasteiger charge is 2.44. The summed E-state index contributed by atoms with van der Waals surface area (Å²) in [5, 5.41) is 13.2. The Hall–Kier alpha value is -5.60. The van der Waals surface area contributed by atoms with Gasteiger partial charge in [-0.2, -0.15) is 21.9 Å². The van der Waals surface area contributed by atoms with Crippen LogP contribution in [0.25, 0.3) is 6.08 Å². The number of hydrogen-bond donors (Lipinski definition) is 1. The Bertz CT molecular complexity index is 1940. The minimum absolute atomic E-state index is 0.0746. The molecule has 0 aromatic heterocycles. The number of rotatable bonds is 7. The summed E-state index contributed by atoms with van der Waals surface area (Å²) < 4.78 is 12.3. The van der Waals surface area contributed by atoms with Crippen molar-refractivity contribution in [3.63, 3.8) is 0 Å². The van der Waals surface area contributed by atoms with Crippen LogP contribution in [0.4, 0.5) is 5.69 Å². The van der Waals surface area contributed by atoms with Crippen molar-refractivity contribution < 1.29 is 19.7 Å². The van der Waals surface area contributed by atoms with Crippen molar-refractivity contribution in [2.45, 2.75) is 31.8 Å². The second-order valence-corrected chi connectivity index (χ2v) is 14.0. The van der Waals surface area contributed by atoms with E-state index in [0.29, 0.717) is 6.61 Å². The first-order valence-electron chi connectivity index (χ1n) is 17.9.